The Morgan fingerprint density at radius 3 is 3.00 bits per heavy atom. The maximum Gasteiger partial charge on any atom is 0.0728 e. The summed E-state index contributed by atoms with van der Waals surface area (Å²) in [7, 11) is 0. The predicted molar refractivity (Wildman–Crippen MR) is 79.8 cm³/mol. The molecule has 3 rings (SSSR count). The van der Waals surface area contributed by atoms with Crippen molar-refractivity contribution in [3.05, 3.63) is 48.3 Å². The van der Waals surface area contributed by atoms with Gasteiger partial charge < -0.3 is 10.1 Å². The first-order chi connectivity index (χ1) is 9.79. The molecule has 106 valence electrons. The lowest BCUT2D eigenvalue weighted by atomic mass is 10.0. The monoisotopic (exact) mass is 271 g/mol. The van der Waals surface area contributed by atoms with Crippen LogP contribution in [-0.4, -0.2) is 28.5 Å². The van der Waals surface area contributed by atoms with E-state index in [2.05, 4.69) is 47.8 Å². The largest absolute Gasteiger partial charge is 0.380 e. The second-order valence-corrected chi connectivity index (χ2v) is 5.46. The smallest absolute Gasteiger partial charge is 0.0728 e. The highest BCUT2D eigenvalue weighted by atomic mass is 16.5. The van der Waals surface area contributed by atoms with Gasteiger partial charge in [-0.25, -0.2) is 0 Å². The van der Waals surface area contributed by atoms with Gasteiger partial charge in [-0.1, -0.05) is 30.3 Å². The number of aromatic nitrogens is 2. The van der Waals surface area contributed by atoms with Gasteiger partial charge in [-0.3, -0.25) is 4.68 Å². The second-order valence-electron chi connectivity index (χ2n) is 5.46. The van der Waals surface area contributed by atoms with Crippen LogP contribution in [-0.2, 0) is 11.3 Å². The van der Waals surface area contributed by atoms with E-state index in [-0.39, 0.29) is 0 Å². The lowest BCUT2D eigenvalue weighted by Crippen LogP contribution is -2.32. The van der Waals surface area contributed by atoms with E-state index in [0.717, 1.165) is 31.7 Å². The molecule has 0 saturated carbocycles. The third-order valence-electron chi connectivity index (χ3n) is 3.68. The number of nitrogens with one attached hydrogen (secondary N) is 1. The number of nitrogens with zero attached hydrogens (tertiary/aromatic N) is 2. The van der Waals surface area contributed by atoms with Gasteiger partial charge >= 0.3 is 0 Å². The van der Waals surface area contributed by atoms with E-state index in [1.165, 1.54) is 5.56 Å². The molecule has 4 heteroatoms. The van der Waals surface area contributed by atoms with Crippen LogP contribution in [0.5, 0.6) is 0 Å². The van der Waals surface area contributed by atoms with Gasteiger partial charge in [-0.05, 0) is 25.3 Å². The highest BCUT2D eigenvalue weighted by Crippen LogP contribution is 2.18. The lowest BCUT2D eigenvalue weighted by Gasteiger charge is -2.28. The molecular formula is C16H21N3O. The van der Waals surface area contributed by atoms with Gasteiger partial charge in [-0.15, -0.1) is 0 Å². The summed E-state index contributed by atoms with van der Waals surface area (Å²) in [5.41, 5.74) is 2.36. The van der Waals surface area contributed by atoms with Crippen molar-refractivity contribution in [2.24, 2.45) is 0 Å². The molecule has 0 aliphatic carbocycles. The van der Waals surface area contributed by atoms with Gasteiger partial charge in [-0.2, -0.15) is 5.10 Å². The van der Waals surface area contributed by atoms with Gasteiger partial charge in [0, 0.05) is 18.8 Å². The molecule has 4 nitrogen and oxygen atoms in total. The third-order valence-corrected chi connectivity index (χ3v) is 3.68. The maximum atomic E-state index is 5.57. The summed E-state index contributed by atoms with van der Waals surface area (Å²) in [4.78, 5) is 0. The van der Waals surface area contributed by atoms with Crippen molar-refractivity contribution in [3.63, 3.8) is 0 Å². The molecule has 2 unspecified atom stereocenters. The van der Waals surface area contributed by atoms with Crippen LogP contribution in [0.2, 0.25) is 0 Å². The van der Waals surface area contributed by atoms with Crippen molar-refractivity contribution in [2.45, 2.75) is 38.5 Å². The van der Waals surface area contributed by atoms with Gasteiger partial charge in [0.2, 0.25) is 0 Å². The highest BCUT2D eigenvalue weighted by molar-refractivity contribution is 5.39. The minimum absolute atomic E-state index is 0.348. The zero-order valence-electron chi connectivity index (χ0n) is 11.8. The Bertz CT molecular complexity index is 538. The number of hydrogen-bond acceptors (Lipinski definition) is 3. The van der Waals surface area contributed by atoms with Gasteiger partial charge in [0.25, 0.3) is 0 Å². The molecule has 1 aromatic heterocycles. The first-order valence-corrected chi connectivity index (χ1v) is 7.24. The standard InChI is InChI=1S/C16H21N3O/c1-13-9-15(7-8-20-13)18-16-10-17-19(12-16)11-14-5-3-2-4-6-14/h2-6,10,12-13,15,18H,7-9,11H2,1H3. The van der Waals surface area contributed by atoms with E-state index in [1.807, 2.05) is 16.9 Å². The van der Waals surface area contributed by atoms with E-state index in [4.69, 9.17) is 4.74 Å². The Morgan fingerprint density at radius 1 is 1.35 bits per heavy atom. The number of rotatable bonds is 4. The van der Waals surface area contributed by atoms with Crippen molar-refractivity contribution < 1.29 is 4.74 Å². The zero-order chi connectivity index (χ0) is 13.8. The average Bonchev–Trinajstić information content (AvgIpc) is 2.87. The predicted octanol–water partition coefficient (Wildman–Crippen LogP) is 2.91. The number of anilines is 1. The normalized spacial score (nSPS) is 22.6. The molecule has 0 radical (unpaired) electrons. The van der Waals surface area contributed by atoms with Crippen LogP contribution in [0.15, 0.2) is 42.7 Å². The molecule has 20 heavy (non-hydrogen) atoms. The summed E-state index contributed by atoms with van der Waals surface area (Å²) in [6.07, 6.45) is 6.45. The quantitative estimate of drug-likeness (QED) is 0.929. The molecule has 1 aromatic carbocycles. The fourth-order valence-electron chi connectivity index (χ4n) is 2.66. The topological polar surface area (TPSA) is 39.1 Å². The minimum Gasteiger partial charge on any atom is -0.380 e. The molecule has 2 aromatic rings. The van der Waals surface area contributed by atoms with E-state index < -0.39 is 0 Å². The summed E-state index contributed by atoms with van der Waals surface area (Å²) < 4.78 is 7.54. The molecule has 0 bridgehead atoms. The van der Waals surface area contributed by atoms with Crippen LogP contribution in [0.3, 0.4) is 0 Å². The number of benzene rings is 1. The van der Waals surface area contributed by atoms with E-state index in [9.17, 15) is 0 Å². The molecule has 0 spiro atoms. The molecule has 1 aliphatic heterocycles. The zero-order valence-corrected chi connectivity index (χ0v) is 11.8. The fourth-order valence-corrected chi connectivity index (χ4v) is 2.66. The SMILES string of the molecule is CC1CC(Nc2cnn(Cc3ccccc3)c2)CCO1. The Balaban J connectivity index is 1.59. The Morgan fingerprint density at radius 2 is 2.20 bits per heavy atom. The summed E-state index contributed by atoms with van der Waals surface area (Å²) in [6.45, 7) is 3.79. The van der Waals surface area contributed by atoms with Gasteiger partial charge in [0.05, 0.1) is 24.5 Å². The summed E-state index contributed by atoms with van der Waals surface area (Å²) in [6, 6.07) is 10.9. The molecule has 2 atom stereocenters. The molecule has 1 aliphatic rings. The van der Waals surface area contributed by atoms with Crippen LogP contribution in [0.4, 0.5) is 5.69 Å². The Hall–Kier alpha value is -1.81. The van der Waals surface area contributed by atoms with Crippen LogP contribution >= 0.6 is 0 Å². The Kier molecular flexibility index (Phi) is 4.02. The molecule has 0 amide bonds. The molecule has 1 fully saturated rings. The fraction of sp³-hybridized carbons (Fsp3) is 0.438. The lowest BCUT2D eigenvalue weighted by molar-refractivity contribution is 0.0232. The Labute approximate surface area is 119 Å². The van der Waals surface area contributed by atoms with Crippen LogP contribution in [0.1, 0.15) is 25.3 Å². The van der Waals surface area contributed by atoms with E-state index in [0.29, 0.717) is 12.1 Å². The summed E-state index contributed by atoms with van der Waals surface area (Å²) in [5, 5.41) is 7.97. The molecule has 1 N–H and O–H groups in total. The van der Waals surface area contributed by atoms with Crippen molar-refractivity contribution in [1.82, 2.24) is 9.78 Å². The minimum atomic E-state index is 0.348. The summed E-state index contributed by atoms with van der Waals surface area (Å²) >= 11 is 0. The number of ether oxygens (including phenoxy) is 1. The van der Waals surface area contributed by atoms with Crippen molar-refractivity contribution in [2.75, 3.05) is 11.9 Å². The van der Waals surface area contributed by atoms with Gasteiger partial charge in [0.15, 0.2) is 0 Å². The van der Waals surface area contributed by atoms with Crippen molar-refractivity contribution in [3.8, 4) is 0 Å². The molecule has 1 saturated heterocycles. The van der Waals surface area contributed by atoms with Gasteiger partial charge in [0.1, 0.15) is 0 Å². The van der Waals surface area contributed by atoms with E-state index >= 15 is 0 Å². The van der Waals surface area contributed by atoms with Crippen LogP contribution < -0.4 is 5.32 Å². The maximum absolute atomic E-state index is 5.57. The van der Waals surface area contributed by atoms with Crippen molar-refractivity contribution >= 4 is 5.69 Å². The second kappa shape index (κ2) is 6.09. The van der Waals surface area contributed by atoms with Crippen LogP contribution in [0.25, 0.3) is 0 Å². The highest BCUT2D eigenvalue weighted by Gasteiger charge is 2.19. The third kappa shape index (κ3) is 3.39. The van der Waals surface area contributed by atoms with E-state index in [1.54, 1.807) is 0 Å². The molecular weight excluding hydrogens is 250 g/mol. The van der Waals surface area contributed by atoms with Crippen LogP contribution in [0, 0.1) is 0 Å². The number of hydrogen-bond donors (Lipinski definition) is 1. The summed E-state index contributed by atoms with van der Waals surface area (Å²) in [5.74, 6) is 0. The van der Waals surface area contributed by atoms with Crippen molar-refractivity contribution in [1.29, 1.82) is 0 Å². The molecule has 2 heterocycles. The first kappa shape index (κ1) is 13.2. The average molecular weight is 271 g/mol. The first-order valence-electron chi connectivity index (χ1n) is 7.24.